The minimum Gasteiger partial charge on any atom is -0.466 e. The Bertz CT molecular complexity index is 1050. The van der Waals surface area contributed by atoms with Crippen molar-refractivity contribution >= 4 is 23.5 Å². The first-order chi connectivity index (χ1) is 13.9. The van der Waals surface area contributed by atoms with Crippen molar-refractivity contribution in [3.8, 4) is 11.1 Å². The Morgan fingerprint density at radius 1 is 0.966 bits per heavy atom. The van der Waals surface area contributed by atoms with E-state index >= 15 is 0 Å². The van der Waals surface area contributed by atoms with Crippen molar-refractivity contribution in [1.29, 1.82) is 0 Å². The van der Waals surface area contributed by atoms with E-state index in [1.54, 1.807) is 67.6 Å². The number of esters is 2. The zero-order valence-electron chi connectivity index (χ0n) is 15.8. The highest BCUT2D eigenvalue weighted by Gasteiger charge is 2.28. The van der Waals surface area contributed by atoms with E-state index in [1.165, 1.54) is 13.2 Å². The van der Waals surface area contributed by atoms with Crippen LogP contribution in [-0.4, -0.2) is 19.0 Å². The summed E-state index contributed by atoms with van der Waals surface area (Å²) in [6, 6.07) is 18.0. The molecular weight excluding hydrogens is 395 g/mol. The summed E-state index contributed by atoms with van der Waals surface area (Å²) in [5.74, 6) is -1.70. The molecule has 0 heterocycles. The van der Waals surface area contributed by atoms with Gasteiger partial charge in [0.15, 0.2) is 0 Å². The molecule has 0 aliphatic heterocycles. The molecule has 4 nitrogen and oxygen atoms in total. The van der Waals surface area contributed by atoms with E-state index in [2.05, 4.69) is 0 Å². The van der Waals surface area contributed by atoms with E-state index in [0.717, 1.165) is 11.1 Å². The van der Waals surface area contributed by atoms with Crippen LogP contribution in [0.5, 0.6) is 0 Å². The second-order valence-corrected chi connectivity index (χ2v) is 6.78. The maximum atomic E-state index is 13.5. The molecule has 0 saturated carbocycles. The van der Waals surface area contributed by atoms with Crippen LogP contribution in [0, 0.1) is 12.7 Å². The summed E-state index contributed by atoms with van der Waals surface area (Å²) in [7, 11) is 1.21. The van der Waals surface area contributed by atoms with Gasteiger partial charge in [-0.15, -0.1) is 0 Å². The molecule has 3 aromatic rings. The number of carbonyl (C=O) groups excluding carboxylic acids is 2. The number of rotatable bonds is 5. The van der Waals surface area contributed by atoms with Crippen molar-refractivity contribution in [2.75, 3.05) is 7.11 Å². The first-order valence-corrected chi connectivity index (χ1v) is 9.18. The molecule has 0 amide bonds. The van der Waals surface area contributed by atoms with Gasteiger partial charge in [0.1, 0.15) is 5.82 Å². The predicted molar refractivity (Wildman–Crippen MR) is 108 cm³/mol. The lowest BCUT2D eigenvalue weighted by Gasteiger charge is -2.17. The van der Waals surface area contributed by atoms with Gasteiger partial charge in [0.05, 0.1) is 12.7 Å². The molecule has 1 atom stereocenters. The number of carbonyl (C=O) groups is 2. The third kappa shape index (κ3) is 4.63. The summed E-state index contributed by atoms with van der Waals surface area (Å²) in [6.07, 6.45) is -1.28. The molecule has 0 radical (unpaired) electrons. The zero-order valence-corrected chi connectivity index (χ0v) is 16.6. The van der Waals surface area contributed by atoms with Crippen LogP contribution in [0.25, 0.3) is 11.1 Å². The third-order valence-corrected chi connectivity index (χ3v) is 4.78. The number of hydrogen-bond acceptors (Lipinski definition) is 4. The zero-order chi connectivity index (χ0) is 21.0. The van der Waals surface area contributed by atoms with Crippen molar-refractivity contribution in [3.63, 3.8) is 0 Å². The SMILES string of the molecule is COC(=O)C(OC(=O)c1ccc(-c2ccc(F)c(C)c2)cc1)c1ccccc1Cl. The average Bonchev–Trinajstić information content (AvgIpc) is 2.74. The Morgan fingerprint density at radius 2 is 1.62 bits per heavy atom. The summed E-state index contributed by atoms with van der Waals surface area (Å²) in [5, 5.41) is 0.290. The number of hydrogen-bond donors (Lipinski definition) is 0. The van der Waals surface area contributed by atoms with Crippen molar-refractivity contribution in [1.82, 2.24) is 0 Å². The molecule has 0 N–H and O–H groups in total. The molecule has 0 aromatic heterocycles. The van der Waals surface area contributed by atoms with Crippen LogP contribution in [-0.2, 0) is 14.3 Å². The maximum Gasteiger partial charge on any atom is 0.352 e. The Morgan fingerprint density at radius 3 is 2.24 bits per heavy atom. The second kappa shape index (κ2) is 8.88. The second-order valence-electron chi connectivity index (χ2n) is 6.37. The van der Waals surface area contributed by atoms with Crippen LogP contribution in [0.15, 0.2) is 66.7 Å². The van der Waals surface area contributed by atoms with Gasteiger partial charge >= 0.3 is 11.9 Å². The van der Waals surface area contributed by atoms with E-state index < -0.39 is 18.0 Å². The molecular formula is C23H18ClFO4. The largest absolute Gasteiger partial charge is 0.466 e. The quantitative estimate of drug-likeness (QED) is 0.517. The Labute approximate surface area is 172 Å². The molecule has 3 rings (SSSR count). The van der Waals surface area contributed by atoms with Gasteiger partial charge in [0.2, 0.25) is 6.10 Å². The highest BCUT2D eigenvalue weighted by Crippen LogP contribution is 2.28. The van der Waals surface area contributed by atoms with E-state index in [0.29, 0.717) is 11.1 Å². The summed E-state index contributed by atoms with van der Waals surface area (Å²) in [6.45, 7) is 1.69. The monoisotopic (exact) mass is 412 g/mol. The molecule has 1 unspecified atom stereocenters. The van der Waals surface area contributed by atoms with Crippen molar-refractivity contribution < 1.29 is 23.5 Å². The van der Waals surface area contributed by atoms with E-state index in [9.17, 15) is 14.0 Å². The third-order valence-electron chi connectivity index (χ3n) is 4.44. The summed E-state index contributed by atoms with van der Waals surface area (Å²) in [5.41, 5.74) is 2.78. The normalized spacial score (nSPS) is 11.6. The molecule has 0 spiro atoms. The lowest BCUT2D eigenvalue weighted by atomic mass is 10.0. The lowest BCUT2D eigenvalue weighted by molar-refractivity contribution is -0.151. The van der Waals surface area contributed by atoms with Crippen molar-refractivity contribution in [2.24, 2.45) is 0 Å². The Kier molecular flexibility index (Phi) is 6.29. The predicted octanol–water partition coefficient (Wildman–Crippen LogP) is 5.53. The molecule has 6 heteroatoms. The van der Waals surface area contributed by atoms with Gasteiger partial charge in [0.25, 0.3) is 0 Å². The molecule has 148 valence electrons. The standard InChI is InChI=1S/C23H18ClFO4/c1-14-13-17(11-12-20(14)25)15-7-9-16(10-8-15)22(26)29-21(23(27)28-2)18-5-3-4-6-19(18)24/h3-13,21H,1-2H3. The summed E-state index contributed by atoms with van der Waals surface area (Å²) < 4.78 is 23.6. The van der Waals surface area contributed by atoms with Gasteiger partial charge in [-0.05, 0) is 53.9 Å². The topological polar surface area (TPSA) is 52.6 Å². The lowest BCUT2D eigenvalue weighted by Crippen LogP contribution is -2.21. The number of benzene rings is 3. The smallest absolute Gasteiger partial charge is 0.352 e. The van der Waals surface area contributed by atoms with Crippen LogP contribution >= 0.6 is 11.6 Å². The van der Waals surface area contributed by atoms with Crippen LogP contribution < -0.4 is 0 Å². The van der Waals surface area contributed by atoms with Crippen LogP contribution in [0.3, 0.4) is 0 Å². The Balaban J connectivity index is 1.82. The van der Waals surface area contributed by atoms with Gasteiger partial charge in [-0.3, -0.25) is 0 Å². The van der Waals surface area contributed by atoms with Crippen LogP contribution in [0.1, 0.15) is 27.6 Å². The highest BCUT2D eigenvalue weighted by atomic mass is 35.5. The fraction of sp³-hybridized carbons (Fsp3) is 0.130. The van der Waals surface area contributed by atoms with Gasteiger partial charge in [-0.2, -0.15) is 0 Å². The Hall–Kier alpha value is -3.18. The summed E-state index contributed by atoms with van der Waals surface area (Å²) in [4.78, 5) is 24.7. The molecule has 0 aliphatic carbocycles. The van der Waals surface area contributed by atoms with E-state index in [-0.39, 0.29) is 16.4 Å². The fourth-order valence-electron chi connectivity index (χ4n) is 2.83. The van der Waals surface area contributed by atoms with Gasteiger partial charge in [-0.1, -0.05) is 48.0 Å². The number of methoxy groups -OCH3 is 1. The first kappa shape index (κ1) is 20.6. The molecule has 0 saturated heterocycles. The number of aryl methyl sites for hydroxylation is 1. The molecule has 0 fully saturated rings. The minimum absolute atomic E-state index is 0.258. The first-order valence-electron chi connectivity index (χ1n) is 8.80. The molecule has 29 heavy (non-hydrogen) atoms. The molecule has 3 aromatic carbocycles. The van der Waals surface area contributed by atoms with E-state index in [4.69, 9.17) is 21.1 Å². The van der Waals surface area contributed by atoms with Gasteiger partial charge in [0, 0.05) is 10.6 Å². The highest BCUT2D eigenvalue weighted by molar-refractivity contribution is 6.31. The number of ether oxygens (including phenoxy) is 2. The van der Waals surface area contributed by atoms with Gasteiger partial charge < -0.3 is 9.47 Å². The van der Waals surface area contributed by atoms with Crippen molar-refractivity contribution in [3.05, 3.63) is 94.3 Å². The minimum atomic E-state index is -1.28. The van der Waals surface area contributed by atoms with Crippen LogP contribution in [0.4, 0.5) is 4.39 Å². The van der Waals surface area contributed by atoms with E-state index in [1.807, 2.05) is 0 Å². The van der Waals surface area contributed by atoms with Gasteiger partial charge in [-0.25, -0.2) is 14.0 Å². The molecule has 0 bridgehead atoms. The number of halogens is 2. The van der Waals surface area contributed by atoms with Crippen LogP contribution in [0.2, 0.25) is 5.02 Å². The summed E-state index contributed by atoms with van der Waals surface area (Å²) >= 11 is 6.14. The fourth-order valence-corrected chi connectivity index (χ4v) is 3.07. The van der Waals surface area contributed by atoms with Crippen molar-refractivity contribution in [2.45, 2.75) is 13.0 Å². The maximum absolute atomic E-state index is 13.5. The average molecular weight is 413 g/mol. The molecule has 0 aliphatic rings.